The van der Waals surface area contributed by atoms with Gasteiger partial charge in [0.1, 0.15) is 0 Å². The zero-order chi connectivity index (χ0) is 21.0. The van der Waals surface area contributed by atoms with Crippen LogP contribution in [0.15, 0.2) is 65.5 Å². The Balaban J connectivity index is 2.04. The molecule has 0 aliphatic heterocycles. The summed E-state index contributed by atoms with van der Waals surface area (Å²) in [5.74, 6) is 0. The monoisotopic (exact) mass is 391 g/mol. The number of anilines is 1. The molecule has 29 heavy (non-hydrogen) atoms. The number of para-hydroxylation sites is 2. The Hall–Kier alpha value is -2.59. The molecule has 2 aromatic carbocycles. The van der Waals surface area contributed by atoms with Crippen molar-refractivity contribution in [2.24, 2.45) is 0 Å². The van der Waals surface area contributed by atoms with Gasteiger partial charge in [-0.05, 0) is 52.8 Å². The van der Waals surface area contributed by atoms with Gasteiger partial charge in [-0.2, -0.15) is 0 Å². The van der Waals surface area contributed by atoms with Crippen LogP contribution in [0.1, 0.15) is 34.6 Å². The molecule has 0 unspecified atom stereocenters. The van der Waals surface area contributed by atoms with E-state index in [1.807, 2.05) is 48.5 Å². The number of pyridine rings is 1. The van der Waals surface area contributed by atoms with E-state index in [0.717, 1.165) is 41.9 Å². The van der Waals surface area contributed by atoms with Gasteiger partial charge in [0.15, 0.2) is 0 Å². The second-order valence-corrected chi connectivity index (χ2v) is 8.06. The third-order valence-corrected chi connectivity index (χ3v) is 5.59. The highest BCUT2D eigenvalue weighted by atomic mass is 16.1. The van der Waals surface area contributed by atoms with Crippen molar-refractivity contribution in [3.63, 3.8) is 0 Å². The van der Waals surface area contributed by atoms with Crippen LogP contribution in [-0.2, 0) is 0 Å². The maximum atomic E-state index is 13.2. The second-order valence-electron chi connectivity index (χ2n) is 8.06. The molecule has 1 aromatic heterocycles. The Kier molecular flexibility index (Phi) is 6.75. The van der Waals surface area contributed by atoms with E-state index >= 15 is 0 Å². The molecule has 1 heterocycles. The first-order chi connectivity index (χ1) is 13.9. The highest BCUT2D eigenvalue weighted by Gasteiger charge is 2.18. The fourth-order valence-electron chi connectivity index (χ4n) is 4.17. The molecule has 4 nitrogen and oxygen atoms in total. The molecule has 0 aliphatic carbocycles. The molecule has 3 rings (SSSR count). The molecule has 0 atom stereocenters. The van der Waals surface area contributed by atoms with Gasteiger partial charge in [0.05, 0.1) is 11.2 Å². The van der Waals surface area contributed by atoms with E-state index in [4.69, 9.17) is 0 Å². The average molecular weight is 392 g/mol. The maximum Gasteiger partial charge on any atom is 0.257 e. The van der Waals surface area contributed by atoms with Crippen LogP contribution in [0.2, 0.25) is 0 Å². The Morgan fingerprint density at radius 1 is 0.862 bits per heavy atom. The van der Waals surface area contributed by atoms with Crippen LogP contribution < -0.4 is 10.5 Å². The smallest absolute Gasteiger partial charge is 0.257 e. The van der Waals surface area contributed by atoms with Crippen molar-refractivity contribution in [3.8, 4) is 5.69 Å². The predicted octanol–water partition coefficient (Wildman–Crippen LogP) is 4.94. The summed E-state index contributed by atoms with van der Waals surface area (Å²) in [5, 5.41) is 1.11. The van der Waals surface area contributed by atoms with Gasteiger partial charge in [-0.1, -0.05) is 36.4 Å². The Bertz CT molecular complexity index is 984. The third kappa shape index (κ3) is 4.54. The van der Waals surface area contributed by atoms with Crippen LogP contribution >= 0.6 is 0 Å². The lowest BCUT2D eigenvalue weighted by atomic mass is 10.1. The first-order valence-electron chi connectivity index (χ1n) is 10.6. The maximum absolute atomic E-state index is 13.2. The summed E-state index contributed by atoms with van der Waals surface area (Å²) < 4.78 is 1.81. The minimum absolute atomic E-state index is 0.00734. The highest BCUT2D eigenvalue weighted by Crippen LogP contribution is 2.27. The molecule has 0 saturated carbocycles. The summed E-state index contributed by atoms with van der Waals surface area (Å²) in [6, 6.07) is 20.9. The largest absolute Gasteiger partial charge is 0.370 e. The summed E-state index contributed by atoms with van der Waals surface area (Å²) in [7, 11) is 0. The van der Waals surface area contributed by atoms with Crippen molar-refractivity contribution >= 4 is 16.6 Å². The van der Waals surface area contributed by atoms with Gasteiger partial charge in [-0.15, -0.1) is 0 Å². The van der Waals surface area contributed by atoms with Gasteiger partial charge in [0, 0.05) is 48.9 Å². The zero-order valence-corrected chi connectivity index (χ0v) is 18.3. The SMILES string of the molecule is CCN(CCN(C(C)C)C(C)C)c1cc(=O)n(-c2ccccc2)c2ccccc12. The van der Waals surface area contributed by atoms with Crippen LogP contribution in [0.4, 0.5) is 5.69 Å². The molecule has 0 spiro atoms. The quantitative estimate of drug-likeness (QED) is 0.545. The molecule has 154 valence electrons. The summed E-state index contributed by atoms with van der Waals surface area (Å²) in [5.41, 5.74) is 2.87. The molecule has 0 bridgehead atoms. The molecule has 4 heteroatoms. The van der Waals surface area contributed by atoms with Crippen LogP contribution in [-0.4, -0.2) is 41.2 Å². The molecule has 0 saturated heterocycles. The standard InChI is InChI=1S/C25H33N3O/c1-6-26(16-17-27(19(2)3)20(4)5)24-18-25(29)28(21-12-8-7-9-13-21)23-15-11-10-14-22(23)24/h7-15,18-20H,6,16-17H2,1-5H3. The zero-order valence-electron chi connectivity index (χ0n) is 18.3. The van der Waals surface area contributed by atoms with Gasteiger partial charge in [0.25, 0.3) is 5.56 Å². The lowest BCUT2D eigenvalue weighted by molar-refractivity contribution is 0.179. The van der Waals surface area contributed by atoms with Gasteiger partial charge in [-0.25, -0.2) is 0 Å². The Labute approximate surface area is 174 Å². The Morgan fingerprint density at radius 3 is 2.10 bits per heavy atom. The number of hydrogen-bond acceptors (Lipinski definition) is 3. The average Bonchev–Trinajstić information content (AvgIpc) is 2.71. The van der Waals surface area contributed by atoms with Crippen LogP contribution in [0, 0.1) is 0 Å². The normalized spacial score (nSPS) is 11.7. The van der Waals surface area contributed by atoms with Crippen molar-refractivity contribution in [2.45, 2.75) is 46.7 Å². The number of likely N-dealkylation sites (N-methyl/N-ethyl adjacent to an activating group) is 1. The summed E-state index contributed by atoms with van der Waals surface area (Å²) in [6.07, 6.45) is 0. The van der Waals surface area contributed by atoms with Gasteiger partial charge in [-0.3, -0.25) is 14.3 Å². The molecule has 0 fully saturated rings. The van der Waals surface area contributed by atoms with E-state index in [0.29, 0.717) is 12.1 Å². The lowest BCUT2D eigenvalue weighted by Gasteiger charge is -2.34. The number of benzene rings is 2. The van der Waals surface area contributed by atoms with Crippen molar-refractivity contribution in [2.75, 3.05) is 24.5 Å². The predicted molar refractivity (Wildman–Crippen MR) is 124 cm³/mol. The molecule has 0 N–H and O–H groups in total. The van der Waals surface area contributed by atoms with E-state index in [1.54, 1.807) is 10.6 Å². The third-order valence-electron chi connectivity index (χ3n) is 5.59. The van der Waals surface area contributed by atoms with Crippen molar-refractivity contribution in [1.29, 1.82) is 0 Å². The van der Waals surface area contributed by atoms with Crippen LogP contribution in [0.5, 0.6) is 0 Å². The molecule has 0 aliphatic rings. The van der Waals surface area contributed by atoms with E-state index < -0.39 is 0 Å². The summed E-state index contributed by atoms with van der Waals surface area (Å²) in [6.45, 7) is 13.9. The minimum Gasteiger partial charge on any atom is -0.370 e. The number of aromatic nitrogens is 1. The lowest BCUT2D eigenvalue weighted by Crippen LogP contribution is -2.43. The summed E-state index contributed by atoms with van der Waals surface area (Å²) >= 11 is 0. The molecule has 0 amide bonds. The number of fused-ring (bicyclic) bond motifs is 1. The molecule has 0 radical (unpaired) electrons. The second kappa shape index (κ2) is 9.27. The minimum atomic E-state index is 0.00734. The van der Waals surface area contributed by atoms with E-state index in [-0.39, 0.29) is 5.56 Å². The van der Waals surface area contributed by atoms with E-state index in [9.17, 15) is 4.79 Å². The number of nitrogens with zero attached hydrogens (tertiary/aromatic N) is 3. The fraction of sp³-hybridized carbons (Fsp3) is 0.400. The van der Waals surface area contributed by atoms with Crippen molar-refractivity contribution in [1.82, 2.24) is 9.47 Å². The fourth-order valence-corrected chi connectivity index (χ4v) is 4.17. The molecular weight excluding hydrogens is 358 g/mol. The van der Waals surface area contributed by atoms with Crippen LogP contribution in [0.25, 0.3) is 16.6 Å². The van der Waals surface area contributed by atoms with Gasteiger partial charge < -0.3 is 4.90 Å². The van der Waals surface area contributed by atoms with Gasteiger partial charge >= 0.3 is 0 Å². The Morgan fingerprint density at radius 2 is 1.48 bits per heavy atom. The molecule has 3 aromatic rings. The highest BCUT2D eigenvalue weighted by molar-refractivity contribution is 5.92. The topological polar surface area (TPSA) is 28.5 Å². The van der Waals surface area contributed by atoms with Gasteiger partial charge in [0.2, 0.25) is 0 Å². The first kappa shape index (κ1) is 21.1. The van der Waals surface area contributed by atoms with Crippen molar-refractivity contribution in [3.05, 3.63) is 71.0 Å². The summed E-state index contributed by atoms with van der Waals surface area (Å²) in [4.78, 5) is 18.0. The first-order valence-corrected chi connectivity index (χ1v) is 10.6. The molecular formula is C25H33N3O. The van der Waals surface area contributed by atoms with Crippen molar-refractivity contribution < 1.29 is 0 Å². The van der Waals surface area contributed by atoms with E-state index in [2.05, 4.69) is 50.5 Å². The number of rotatable bonds is 8. The van der Waals surface area contributed by atoms with Crippen LogP contribution in [0.3, 0.4) is 0 Å². The number of hydrogen-bond donors (Lipinski definition) is 0. The van der Waals surface area contributed by atoms with E-state index in [1.165, 1.54) is 0 Å².